The molecule has 45 nitrogen and oxygen atoms in total. The number of aromatic hydroxyl groups is 2. The molecule has 0 unspecified atom stereocenters. The van der Waals surface area contributed by atoms with E-state index < -0.39 is 255 Å². The van der Waals surface area contributed by atoms with Crippen LogP contribution in [0.5, 0.6) is 11.5 Å². The number of carboxylic acids is 1. The molecule has 0 spiro atoms. The van der Waals surface area contributed by atoms with Gasteiger partial charge in [0.1, 0.15) is 114 Å². The summed E-state index contributed by atoms with van der Waals surface area (Å²) in [4.78, 5) is 258. The maximum Gasteiger partial charge on any atom is 0.328 e. The van der Waals surface area contributed by atoms with E-state index in [4.69, 9.17) is 5.73 Å². The number of aliphatic hydroxyl groups is 6. The van der Waals surface area contributed by atoms with Crippen molar-refractivity contribution in [3.63, 3.8) is 0 Å². The van der Waals surface area contributed by atoms with E-state index in [9.17, 15) is 118 Å². The molecular weight excluding hydrogens is 1820 g/mol. The Labute approximate surface area is 807 Å². The number of hydrogen-bond acceptors (Lipinski definition) is 28. The number of carboxylic acid groups (broad SMARTS) is 1. The van der Waals surface area contributed by atoms with E-state index in [0.29, 0.717) is 17.5 Å². The van der Waals surface area contributed by atoms with E-state index in [-0.39, 0.29) is 162 Å². The number of rotatable bonds is 57. The Balaban J connectivity index is 1.32. The monoisotopic (exact) mass is 1970 g/mol. The molecule has 0 saturated carbocycles. The molecule has 3 saturated heterocycles. The number of phenols is 2. The van der Waals surface area contributed by atoms with Crippen molar-refractivity contribution in [2.24, 2.45) is 41.2 Å². The lowest BCUT2D eigenvalue weighted by molar-refractivity contribution is -0.151. The minimum absolute atomic E-state index is 0.00956. The molecule has 2 aromatic rings. The number of nitrogens with zero attached hydrogens (tertiary/aromatic N) is 3. The predicted molar refractivity (Wildman–Crippen MR) is 503 cm³/mol. The van der Waals surface area contributed by atoms with Crippen LogP contribution in [0.2, 0.25) is 0 Å². The van der Waals surface area contributed by atoms with Crippen molar-refractivity contribution in [2.75, 3.05) is 71.3 Å². The van der Waals surface area contributed by atoms with Crippen molar-refractivity contribution in [1.29, 1.82) is 0 Å². The zero-order chi connectivity index (χ0) is 103. The quantitative estimate of drug-likeness (QED) is 0.0295. The molecule has 0 bridgehead atoms. The summed E-state index contributed by atoms with van der Waals surface area (Å²) in [6, 6.07) is -15.4. The third-order valence-electron chi connectivity index (χ3n) is 23.4. The van der Waals surface area contributed by atoms with Crippen molar-refractivity contribution >= 4 is 118 Å². The van der Waals surface area contributed by atoms with Crippen molar-refractivity contribution in [1.82, 2.24) is 89.1 Å². The number of hydrogen-bond donors (Lipinski definition) is 24. The van der Waals surface area contributed by atoms with Gasteiger partial charge in [-0.1, -0.05) is 107 Å². The van der Waals surface area contributed by atoms with Crippen LogP contribution in [0.3, 0.4) is 0 Å². The fourth-order valence-electron chi connectivity index (χ4n) is 16.2. The van der Waals surface area contributed by atoms with Gasteiger partial charge < -0.3 is 141 Å². The second-order valence-electron chi connectivity index (χ2n) is 37.8. The van der Waals surface area contributed by atoms with Crippen molar-refractivity contribution in [2.45, 2.75) is 288 Å². The third kappa shape index (κ3) is 37.1. The van der Waals surface area contributed by atoms with Gasteiger partial charge in [0, 0.05) is 32.5 Å². The van der Waals surface area contributed by atoms with Crippen LogP contribution in [0.15, 0.2) is 48.5 Å². The summed E-state index contributed by atoms with van der Waals surface area (Å²) in [5.41, 5.74) is 6.82. The first-order valence-electron chi connectivity index (χ1n) is 47.0. The lowest BCUT2D eigenvalue weighted by atomic mass is 10.00. The molecule has 2 aromatic carbocycles. The minimum Gasteiger partial charge on any atom is -0.508 e. The molecule has 3 fully saturated rings. The predicted octanol–water partition coefficient (Wildman–Crippen LogP) is -4.96. The Hall–Kier alpha value is -11.4. The molecule has 0 radical (unpaired) electrons. The molecular formula is C92H146N18O27S. The lowest BCUT2D eigenvalue weighted by Crippen LogP contribution is -2.62. The molecule has 18 atom stereocenters. The number of carbonyl (C=O) groups is 18. The molecule has 3 heterocycles. The molecule has 3 aliphatic heterocycles. The number of nitrogens with one attached hydrogen (secondary N) is 14. The van der Waals surface area contributed by atoms with Gasteiger partial charge in [-0.25, -0.2) is 4.79 Å². The highest BCUT2D eigenvalue weighted by Gasteiger charge is 2.49. The SMILES string of the molecule is CSCC[C@H](NC(=O)[C@H](CO)NC(=O)[C@H](CC(C)C)NC(=O)[C@H](CO)NC(=O)[C@H](CC(C)C)NC(=O)[C@H](CO)NC(=O)[C@@H](N)CC(C)C)C(=O)N[C@@H](Cc1ccc(O)cc1)C(=O)N1CCC[C@H]1C(=O)N1CCC[C@H]1C(=O)N1CCC[C@H]1C(=O)N[C@@H](Cc1ccc(O)cc1)C(=O)N[C@@H](CC(C)C)C(=O)N[C@@H](CO)C(=O)N[C@@H](CC(C)C)C(=O)N[C@@H](CO)C(=O)N[C@@H](CC(C)C)C(=O)N[C@@H](CO)C(=O)O. The molecule has 0 aliphatic carbocycles. The summed E-state index contributed by atoms with van der Waals surface area (Å²) >= 11 is 1.28. The molecule has 772 valence electrons. The number of thioether (sulfide) groups is 1. The number of aliphatic hydroxyl groups excluding tert-OH is 6. The first-order chi connectivity index (χ1) is 65.1. The van der Waals surface area contributed by atoms with Gasteiger partial charge in [0.2, 0.25) is 100 Å². The average Bonchev–Trinajstić information content (AvgIpc) is 1.63. The van der Waals surface area contributed by atoms with Gasteiger partial charge in [-0.2, -0.15) is 11.8 Å². The Kier molecular flexibility index (Phi) is 49.1. The highest BCUT2D eigenvalue weighted by atomic mass is 32.2. The van der Waals surface area contributed by atoms with Gasteiger partial charge in [0.05, 0.1) is 45.7 Å². The molecule has 46 heteroatoms. The number of aliphatic carboxylic acids is 1. The van der Waals surface area contributed by atoms with Gasteiger partial charge in [-0.05, 0) is 166 Å². The fourth-order valence-corrected chi connectivity index (χ4v) is 16.7. The second kappa shape index (κ2) is 57.8. The summed E-state index contributed by atoms with van der Waals surface area (Å²) < 4.78 is 0. The van der Waals surface area contributed by atoms with E-state index in [2.05, 4.69) is 74.4 Å². The van der Waals surface area contributed by atoms with Crippen LogP contribution in [0.25, 0.3) is 0 Å². The summed E-state index contributed by atoms with van der Waals surface area (Å²) in [6.45, 7) is 14.7. The molecule has 17 amide bonds. The largest absolute Gasteiger partial charge is 0.508 e. The van der Waals surface area contributed by atoms with Gasteiger partial charge in [0.15, 0.2) is 0 Å². The second-order valence-corrected chi connectivity index (χ2v) is 38.8. The van der Waals surface area contributed by atoms with E-state index >= 15 is 14.4 Å². The number of phenolic OH excluding ortho intramolecular Hbond substituents is 2. The van der Waals surface area contributed by atoms with Crippen LogP contribution in [0.4, 0.5) is 0 Å². The molecule has 138 heavy (non-hydrogen) atoms. The van der Waals surface area contributed by atoms with E-state index in [1.54, 1.807) is 75.5 Å². The zero-order valence-electron chi connectivity index (χ0n) is 80.9. The van der Waals surface area contributed by atoms with E-state index in [1.807, 2.05) is 13.8 Å². The Morgan fingerprint density at radius 1 is 0.319 bits per heavy atom. The van der Waals surface area contributed by atoms with Crippen molar-refractivity contribution in [3.05, 3.63) is 59.7 Å². The van der Waals surface area contributed by atoms with Crippen LogP contribution in [-0.4, -0.2) is 347 Å². The summed E-state index contributed by atoms with van der Waals surface area (Å²) in [7, 11) is 0. The zero-order valence-corrected chi connectivity index (χ0v) is 81.7. The Morgan fingerprint density at radius 3 is 0.877 bits per heavy atom. The molecule has 3 aliphatic rings. The molecule has 25 N–H and O–H groups in total. The van der Waals surface area contributed by atoms with Crippen molar-refractivity contribution in [3.8, 4) is 11.5 Å². The molecule has 0 aromatic heterocycles. The summed E-state index contributed by atoms with van der Waals surface area (Å²) in [5, 5.41) is 126. The van der Waals surface area contributed by atoms with Gasteiger partial charge >= 0.3 is 5.97 Å². The maximum absolute atomic E-state index is 15.4. The lowest BCUT2D eigenvalue weighted by Gasteiger charge is -2.35. The summed E-state index contributed by atoms with van der Waals surface area (Å²) in [5.74, 6) is -18.9. The third-order valence-corrected chi connectivity index (χ3v) is 24.0. The Morgan fingerprint density at radius 2 is 0.565 bits per heavy atom. The number of nitrogens with two attached hydrogens (primary N) is 1. The van der Waals surface area contributed by atoms with Crippen LogP contribution < -0.4 is 80.2 Å². The first-order valence-corrected chi connectivity index (χ1v) is 48.4. The summed E-state index contributed by atoms with van der Waals surface area (Å²) in [6.07, 6.45) is 2.17. The van der Waals surface area contributed by atoms with Crippen LogP contribution in [-0.2, 0) is 99.1 Å². The van der Waals surface area contributed by atoms with Crippen LogP contribution in [0, 0.1) is 35.5 Å². The number of amides is 17. The van der Waals surface area contributed by atoms with E-state index in [1.165, 1.54) is 75.0 Å². The number of carbonyl (C=O) groups excluding carboxylic acids is 17. The van der Waals surface area contributed by atoms with Crippen LogP contribution >= 0.6 is 11.8 Å². The molecule has 5 rings (SSSR count). The number of likely N-dealkylation sites (tertiary alicyclic amines) is 3. The highest BCUT2D eigenvalue weighted by molar-refractivity contribution is 7.98. The van der Waals surface area contributed by atoms with E-state index in [0.717, 1.165) is 0 Å². The fraction of sp³-hybridized carbons (Fsp3) is 0.674. The van der Waals surface area contributed by atoms with Gasteiger partial charge in [0.25, 0.3) is 0 Å². The standard InChI is InChI=1S/C92H146N18O27S/c1-47(2)33-57(93)75(119)102-66(41-111)84(128)96-60(35-49(5)6)79(123)105-69(44-114)86(130)97-61(36-50(7)8)78(122)103-67(42-112)83(127)94-58(28-32-138-13)76(120)101-65(40-54-22-26-56(118)27-23-54)89(133)109-30-15-18-73(109)91(135)110-31-16-19-74(110)90(134)108-29-14-17-72(108)88(132)100-64(39-53-20-24-55(117)25-21-53)82(126)95-59(34-48(3)4)77(121)104-68(43-113)85(129)98-62(37-51(9)10)80(124)106-70(45-115)87(131)99-63(38-52(11)12)81(125)107-71(46-116)92(136)137/h20-27,47-52,57-74,111-118H,14-19,28-46,93H2,1-13H3,(H,94,127)(H,95,126)(H,96,128)(H,97,130)(H,98,129)(H,99,131)(H,100,132)(H,101,120)(H,102,119)(H,103,122)(H,104,121)(H,105,123)(H,106,124)(H,107,125)(H,136,137)/t57-,58-,59-,60-,61-,62-,63-,64-,65-,66-,67-,68-,69-,70-,71-,72-,73-,74-/m0/s1. The van der Waals surface area contributed by atoms with Gasteiger partial charge in [-0.3, -0.25) is 81.5 Å². The normalized spacial score (nSPS) is 18.1. The van der Waals surface area contributed by atoms with Crippen LogP contribution in [0.1, 0.15) is 178 Å². The number of benzene rings is 2. The Bertz CT molecular complexity index is 4440. The van der Waals surface area contributed by atoms with Gasteiger partial charge in [-0.15, -0.1) is 0 Å². The topological polar surface area (TPSA) is 693 Å². The maximum atomic E-state index is 15.4. The highest BCUT2D eigenvalue weighted by Crippen LogP contribution is 2.31. The average molecular weight is 1970 g/mol. The smallest absolute Gasteiger partial charge is 0.328 e. The minimum atomic E-state index is -1.81. The first kappa shape index (κ1) is 117. The van der Waals surface area contributed by atoms with Crippen molar-refractivity contribution < 1.29 is 132 Å².